The normalized spacial score (nSPS) is 11.2. The van der Waals surface area contributed by atoms with E-state index in [4.69, 9.17) is 4.55 Å². The zero-order valence-corrected chi connectivity index (χ0v) is 7.82. The maximum Gasteiger partial charge on any atom is 0.359 e. The molecule has 0 unspecified atom stereocenters. The van der Waals surface area contributed by atoms with Crippen LogP contribution in [0.5, 0.6) is 0 Å². The maximum atomic E-state index is 10.8. The summed E-state index contributed by atoms with van der Waals surface area (Å²) in [5.41, 5.74) is 0.00926. The second-order valence-corrected chi connectivity index (χ2v) is 4.02. The van der Waals surface area contributed by atoms with E-state index in [9.17, 15) is 18.3 Å². The molecule has 1 aromatic rings. The summed E-state index contributed by atoms with van der Waals surface area (Å²) in [7, 11) is -4.37. The molecule has 0 heterocycles. The van der Waals surface area contributed by atoms with Crippen molar-refractivity contribution >= 4 is 16.1 Å². The minimum absolute atomic E-state index is 0.00926. The van der Waals surface area contributed by atoms with Gasteiger partial charge in [-0.1, -0.05) is 18.2 Å². The fourth-order valence-electron chi connectivity index (χ4n) is 1.06. The van der Waals surface area contributed by atoms with E-state index in [1.54, 1.807) is 0 Å². The molecule has 5 nitrogen and oxygen atoms in total. The largest absolute Gasteiger partial charge is 0.359 e. The van der Waals surface area contributed by atoms with E-state index in [-0.39, 0.29) is 5.56 Å². The first-order chi connectivity index (χ1) is 6.41. The summed E-state index contributed by atoms with van der Waals surface area (Å²) in [6, 6.07) is 5.31. The molecular weight excluding hydrogens is 208 g/mol. The summed E-state index contributed by atoms with van der Waals surface area (Å²) < 4.78 is 30.3. The highest BCUT2D eigenvalue weighted by Crippen LogP contribution is 2.15. The van der Waals surface area contributed by atoms with Gasteiger partial charge in [0.15, 0.2) is 0 Å². The molecule has 1 N–H and O–H groups in total. The van der Waals surface area contributed by atoms with Crippen LogP contribution in [0.4, 0.5) is 0 Å². The zero-order chi connectivity index (χ0) is 10.8. The molecule has 0 fully saturated rings. The number of hydrogen-bond acceptors (Lipinski definition) is 3. The van der Waals surface area contributed by atoms with E-state index in [1.807, 2.05) is 0 Å². The Hall–Kier alpha value is -1.40. The summed E-state index contributed by atoms with van der Waals surface area (Å²) in [5, 5.41) is 10.3. The van der Waals surface area contributed by atoms with Crippen LogP contribution in [0.2, 0.25) is 0 Å². The Morgan fingerprint density at radius 1 is 1.29 bits per heavy atom. The van der Waals surface area contributed by atoms with Crippen LogP contribution in [0.3, 0.4) is 0 Å². The molecular formula is C8H7O5S. The number of carbonyl (C=O) groups excluding carboxylic acids is 1. The molecule has 0 saturated carbocycles. The maximum absolute atomic E-state index is 10.8. The van der Waals surface area contributed by atoms with Crippen LogP contribution in [-0.2, 0) is 26.4 Å². The van der Waals surface area contributed by atoms with Gasteiger partial charge >= 0.3 is 5.97 Å². The van der Waals surface area contributed by atoms with Crippen molar-refractivity contribution in [2.45, 2.75) is 11.3 Å². The second kappa shape index (κ2) is 3.77. The molecule has 0 saturated heterocycles. The monoisotopic (exact) mass is 215 g/mol. The predicted molar refractivity (Wildman–Crippen MR) is 45.7 cm³/mol. The molecule has 0 bridgehead atoms. The van der Waals surface area contributed by atoms with Crippen LogP contribution in [0, 0.1) is 0 Å². The molecule has 14 heavy (non-hydrogen) atoms. The Balaban J connectivity index is 3.23. The van der Waals surface area contributed by atoms with Crippen LogP contribution >= 0.6 is 0 Å². The standard InChI is InChI=1S/C8H7O5S/c9-8(10)5-6-3-1-2-4-7(6)14(11,12)13/h1-4H,5H2,(H,11,12,13). The van der Waals surface area contributed by atoms with Gasteiger partial charge in [-0.15, -0.1) is 0 Å². The first-order valence-corrected chi connectivity index (χ1v) is 5.10. The Morgan fingerprint density at radius 3 is 2.36 bits per heavy atom. The van der Waals surface area contributed by atoms with Crippen molar-refractivity contribution in [3.63, 3.8) is 0 Å². The van der Waals surface area contributed by atoms with Gasteiger partial charge in [-0.05, 0) is 11.6 Å². The van der Waals surface area contributed by atoms with Crippen molar-refractivity contribution in [1.29, 1.82) is 0 Å². The number of rotatable bonds is 3. The topological polar surface area (TPSA) is 91.3 Å². The molecule has 0 aliphatic rings. The smallest absolute Gasteiger partial charge is 0.282 e. The second-order valence-electron chi connectivity index (χ2n) is 2.63. The summed E-state index contributed by atoms with van der Waals surface area (Å²) in [5.74, 6) is -1.40. The summed E-state index contributed by atoms with van der Waals surface area (Å²) >= 11 is 0. The van der Waals surface area contributed by atoms with Crippen molar-refractivity contribution in [3.8, 4) is 0 Å². The van der Waals surface area contributed by atoms with Crippen LogP contribution in [0.15, 0.2) is 29.2 Å². The van der Waals surface area contributed by atoms with Crippen molar-refractivity contribution in [3.05, 3.63) is 29.8 Å². The van der Waals surface area contributed by atoms with Crippen LogP contribution < -0.4 is 0 Å². The lowest BCUT2D eigenvalue weighted by Gasteiger charge is -2.02. The first-order valence-electron chi connectivity index (χ1n) is 3.66. The van der Waals surface area contributed by atoms with Gasteiger partial charge in [-0.3, -0.25) is 4.55 Å². The lowest BCUT2D eigenvalue weighted by molar-refractivity contribution is -0.142. The average molecular weight is 215 g/mol. The van der Waals surface area contributed by atoms with Gasteiger partial charge in [0.1, 0.15) is 0 Å². The highest BCUT2D eigenvalue weighted by molar-refractivity contribution is 7.85. The molecule has 0 atom stereocenters. The van der Waals surface area contributed by atoms with Crippen molar-refractivity contribution < 1.29 is 22.9 Å². The third-order valence-electron chi connectivity index (χ3n) is 1.59. The van der Waals surface area contributed by atoms with Gasteiger partial charge in [0.05, 0.1) is 11.3 Å². The van der Waals surface area contributed by atoms with E-state index < -0.39 is 27.4 Å². The summed E-state index contributed by atoms with van der Waals surface area (Å²) in [6.07, 6.45) is -0.546. The molecule has 75 valence electrons. The Labute approximate surface area is 80.7 Å². The van der Waals surface area contributed by atoms with Crippen LogP contribution in [0.1, 0.15) is 5.56 Å². The minimum Gasteiger partial charge on any atom is -0.282 e. The highest BCUT2D eigenvalue weighted by Gasteiger charge is 2.16. The number of benzene rings is 1. The van der Waals surface area contributed by atoms with Gasteiger partial charge in [-0.2, -0.15) is 8.42 Å². The molecule has 1 aromatic carbocycles. The molecule has 1 radical (unpaired) electrons. The molecule has 0 aliphatic heterocycles. The van der Waals surface area contributed by atoms with E-state index >= 15 is 0 Å². The Kier molecular flexibility index (Phi) is 2.87. The Bertz CT molecular complexity index is 449. The SMILES string of the molecule is [O]C(=O)Cc1ccccc1S(=O)(=O)O. The fraction of sp³-hybridized carbons (Fsp3) is 0.125. The minimum atomic E-state index is -4.37. The quantitative estimate of drug-likeness (QED) is 0.740. The van der Waals surface area contributed by atoms with Gasteiger partial charge < -0.3 is 0 Å². The van der Waals surface area contributed by atoms with E-state index in [0.29, 0.717) is 0 Å². The van der Waals surface area contributed by atoms with E-state index in [1.165, 1.54) is 18.2 Å². The molecule has 6 heteroatoms. The molecule has 0 aromatic heterocycles. The van der Waals surface area contributed by atoms with Gasteiger partial charge in [-0.25, -0.2) is 9.90 Å². The van der Waals surface area contributed by atoms with Crippen molar-refractivity contribution in [2.75, 3.05) is 0 Å². The summed E-state index contributed by atoms with van der Waals surface area (Å²) in [4.78, 5) is 9.86. The number of hydrogen-bond donors (Lipinski definition) is 1. The van der Waals surface area contributed by atoms with Crippen LogP contribution in [0.25, 0.3) is 0 Å². The zero-order valence-electron chi connectivity index (χ0n) is 7.00. The van der Waals surface area contributed by atoms with Gasteiger partial charge in [0.2, 0.25) is 0 Å². The van der Waals surface area contributed by atoms with E-state index in [0.717, 1.165) is 6.07 Å². The molecule has 0 aliphatic carbocycles. The fourth-order valence-corrected chi connectivity index (χ4v) is 1.78. The third kappa shape index (κ3) is 2.54. The van der Waals surface area contributed by atoms with Crippen LogP contribution in [-0.4, -0.2) is 18.9 Å². The molecule has 1 rings (SSSR count). The van der Waals surface area contributed by atoms with Crippen molar-refractivity contribution in [1.82, 2.24) is 0 Å². The summed E-state index contributed by atoms with van der Waals surface area (Å²) in [6.45, 7) is 0. The average Bonchev–Trinajstić information content (AvgIpc) is 2.01. The first kappa shape index (κ1) is 10.7. The lowest BCUT2D eigenvalue weighted by atomic mass is 10.1. The van der Waals surface area contributed by atoms with Gasteiger partial charge in [0, 0.05) is 0 Å². The Morgan fingerprint density at radius 2 is 1.86 bits per heavy atom. The molecule has 0 spiro atoms. The lowest BCUT2D eigenvalue weighted by Crippen LogP contribution is -2.06. The third-order valence-corrected chi connectivity index (χ3v) is 2.54. The molecule has 0 amide bonds. The predicted octanol–water partition coefficient (Wildman–Crippen LogP) is 0.433. The van der Waals surface area contributed by atoms with Gasteiger partial charge in [0.25, 0.3) is 10.1 Å². The highest BCUT2D eigenvalue weighted by atomic mass is 32.2. The van der Waals surface area contributed by atoms with Crippen molar-refractivity contribution in [2.24, 2.45) is 0 Å². The number of carbonyl (C=O) groups is 1. The van der Waals surface area contributed by atoms with E-state index in [2.05, 4.69) is 0 Å².